The molecule has 0 aromatic heterocycles. The van der Waals surface area contributed by atoms with Crippen molar-refractivity contribution in [2.24, 2.45) is 5.92 Å². The van der Waals surface area contributed by atoms with Crippen LogP contribution in [0.25, 0.3) is 0 Å². The summed E-state index contributed by atoms with van der Waals surface area (Å²) >= 11 is 3.03. The van der Waals surface area contributed by atoms with Gasteiger partial charge in [0.1, 0.15) is 11.6 Å². The lowest BCUT2D eigenvalue weighted by molar-refractivity contribution is 0.563. The molecule has 1 aromatic carbocycles. The third kappa shape index (κ3) is 4.08. The van der Waals surface area contributed by atoms with E-state index in [9.17, 15) is 8.78 Å². The lowest BCUT2D eigenvalue weighted by Crippen LogP contribution is -2.05. The molecular weight excluding hydrogens is 276 g/mol. The third-order valence-corrected chi connectivity index (χ3v) is 2.89. The molecule has 0 heterocycles. The Morgan fingerprint density at radius 1 is 1.25 bits per heavy atom. The standard InChI is InChI=1S/C12H16BrF2N/c1-8(2)4-3-5-16-12-6-9(13)10(14)7-11(12)15/h6-8,16H,3-5H2,1-2H3. The molecule has 0 bridgehead atoms. The number of hydrogen-bond acceptors (Lipinski definition) is 1. The van der Waals surface area contributed by atoms with Crippen molar-refractivity contribution in [2.45, 2.75) is 26.7 Å². The lowest BCUT2D eigenvalue weighted by atomic mass is 10.1. The first-order valence-electron chi connectivity index (χ1n) is 5.39. The van der Waals surface area contributed by atoms with Gasteiger partial charge in [0.2, 0.25) is 0 Å². The van der Waals surface area contributed by atoms with E-state index in [0.717, 1.165) is 18.9 Å². The van der Waals surface area contributed by atoms with Crippen molar-refractivity contribution >= 4 is 21.6 Å². The van der Waals surface area contributed by atoms with Crippen LogP contribution in [0.2, 0.25) is 0 Å². The van der Waals surface area contributed by atoms with Gasteiger partial charge in [-0.15, -0.1) is 0 Å². The number of anilines is 1. The SMILES string of the molecule is CC(C)CCCNc1cc(Br)c(F)cc1F. The third-order valence-electron chi connectivity index (χ3n) is 2.28. The Morgan fingerprint density at radius 2 is 1.94 bits per heavy atom. The van der Waals surface area contributed by atoms with Crippen molar-refractivity contribution in [3.8, 4) is 0 Å². The second-order valence-corrected chi connectivity index (χ2v) is 5.06. The number of halogens is 3. The molecule has 0 amide bonds. The molecule has 0 aliphatic carbocycles. The highest BCUT2D eigenvalue weighted by Gasteiger charge is 2.07. The zero-order valence-corrected chi connectivity index (χ0v) is 11.1. The minimum atomic E-state index is -0.578. The zero-order valence-electron chi connectivity index (χ0n) is 9.49. The maximum Gasteiger partial charge on any atom is 0.149 e. The van der Waals surface area contributed by atoms with Crippen LogP contribution in [0.4, 0.5) is 14.5 Å². The van der Waals surface area contributed by atoms with Gasteiger partial charge in [0.05, 0.1) is 10.2 Å². The van der Waals surface area contributed by atoms with Crippen LogP contribution in [0.5, 0.6) is 0 Å². The van der Waals surface area contributed by atoms with Gasteiger partial charge < -0.3 is 5.32 Å². The van der Waals surface area contributed by atoms with Crippen molar-refractivity contribution in [1.82, 2.24) is 0 Å². The van der Waals surface area contributed by atoms with Crippen LogP contribution in [-0.4, -0.2) is 6.54 Å². The van der Waals surface area contributed by atoms with Gasteiger partial charge in [-0.3, -0.25) is 0 Å². The van der Waals surface area contributed by atoms with Crippen molar-refractivity contribution < 1.29 is 8.78 Å². The van der Waals surface area contributed by atoms with Gasteiger partial charge in [0.15, 0.2) is 0 Å². The second-order valence-electron chi connectivity index (χ2n) is 4.21. The quantitative estimate of drug-likeness (QED) is 0.619. The molecule has 0 aliphatic heterocycles. The van der Waals surface area contributed by atoms with E-state index in [1.54, 1.807) is 0 Å². The Labute approximate surface area is 103 Å². The minimum absolute atomic E-state index is 0.278. The van der Waals surface area contributed by atoms with E-state index in [0.29, 0.717) is 18.2 Å². The lowest BCUT2D eigenvalue weighted by Gasteiger charge is -2.09. The average Bonchev–Trinajstić information content (AvgIpc) is 2.19. The number of nitrogens with one attached hydrogen (secondary N) is 1. The van der Waals surface area contributed by atoms with Crippen LogP contribution < -0.4 is 5.32 Å². The Kier molecular flexibility index (Phi) is 5.19. The average molecular weight is 292 g/mol. The largest absolute Gasteiger partial charge is 0.383 e. The summed E-state index contributed by atoms with van der Waals surface area (Å²) in [6, 6.07) is 2.31. The van der Waals surface area contributed by atoms with Gasteiger partial charge in [-0.1, -0.05) is 13.8 Å². The van der Waals surface area contributed by atoms with Crippen LogP contribution in [0.1, 0.15) is 26.7 Å². The second kappa shape index (κ2) is 6.18. The van der Waals surface area contributed by atoms with E-state index in [1.165, 1.54) is 6.07 Å². The van der Waals surface area contributed by atoms with Crippen LogP contribution in [0, 0.1) is 17.6 Å². The summed E-state index contributed by atoms with van der Waals surface area (Å²) in [4.78, 5) is 0. The number of hydrogen-bond donors (Lipinski definition) is 1. The number of rotatable bonds is 5. The molecule has 0 fully saturated rings. The molecule has 4 heteroatoms. The summed E-state index contributed by atoms with van der Waals surface area (Å²) in [5, 5.41) is 2.96. The van der Waals surface area contributed by atoms with Crippen LogP contribution in [-0.2, 0) is 0 Å². The molecule has 1 aromatic rings. The van der Waals surface area contributed by atoms with Crippen molar-refractivity contribution in [3.05, 3.63) is 28.2 Å². The summed E-state index contributed by atoms with van der Waals surface area (Å²) in [6.45, 7) is 5.00. The van der Waals surface area contributed by atoms with Gasteiger partial charge in [0.25, 0.3) is 0 Å². The van der Waals surface area contributed by atoms with Crippen molar-refractivity contribution in [2.75, 3.05) is 11.9 Å². The highest BCUT2D eigenvalue weighted by molar-refractivity contribution is 9.10. The predicted molar refractivity (Wildman–Crippen MR) is 66.6 cm³/mol. The highest BCUT2D eigenvalue weighted by atomic mass is 79.9. The Hall–Kier alpha value is -0.640. The Morgan fingerprint density at radius 3 is 2.56 bits per heavy atom. The smallest absolute Gasteiger partial charge is 0.149 e. The molecule has 1 rings (SSSR count). The normalized spacial score (nSPS) is 10.9. The van der Waals surface area contributed by atoms with Gasteiger partial charge in [-0.05, 0) is 40.8 Å². The molecule has 0 atom stereocenters. The molecule has 1 N–H and O–H groups in total. The fourth-order valence-corrected chi connectivity index (χ4v) is 1.73. The summed E-state index contributed by atoms with van der Waals surface area (Å²) in [5.74, 6) is -0.484. The van der Waals surface area contributed by atoms with Gasteiger partial charge in [0, 0.05) is 12.6 Å². The summed E-state index contributed by atoms with van der Waals surface area (Å²) in [7, 11) is 0. The minimum Gasteiger partial charge on any atom is -0.383 e. The molecule has 0 saturated heterocycles. The van der Waals surface area contributed by atoms with E-state index in [4.69, 9.17) is 0 Å². The number of benzene rings is 1. The summed E-state index contributed by atoms with van der Waals surface area (Å²) < 4.78 is 26.5. The fraction of sp³-hybridized carbons (Fsp3) is 0.500. The van der Waals surface area contributed by atoms with E-state index in [-0.39, 0.29) is 4.47 Å². The van der Waals surface area contributed by atoms with E-state index in [2.05, 4.69) is 35.1 Å². The van der Waals surface area contributed by atoms with E-state index < -0.39 is 11.6 Å². The van der Waals surface area contributed by atoms with E-state index >= 15 is 0 Å². The van der Waals surface area contributed by atoms with Crippen LogP contribution in [0.15, 0.2) is 16.6 Å². The zero-order chi connectivity index (χ0) is 12.1. The van der Waals surface area contributed by atoms with Gasteiger partial charge in [-0.25, -0.2) is 8.78 Å². The molecule has 90 valence electrons. The molecule has 0 aliphatic rings. The van der Waals surface area contributed by atoms with Crippen LogP contribution >= 0.6 is 15.9 Å². The molecule has 0 spiro atoms. The Bertz CT molecular complexity index is 353. The molecule has 0 radical (unpaired) electrons. The molecular formula is C12H16BrF2N. The fourth-order valence-electron chi connectivity index (χ4n) is 1.39. The maximum absolute atomic E-state index is 13.3. The Balaban J connectivity index is 2.51. The predicted octanol–water partition coefficient (Wildman–Crippen LogP) is 4.58. The molecule has 0 unspecified atom stereocenters. The highest BCUT2D eigenvalue weighted by Crippen LogP contribution is 2.23. The van der Waals surface area contributed by atoms with Crippen molar-refractivity contribution in [3.63, 3.8) is 0 Å². The monoisotopic (exact) mass is 291 g/mol. The summed E-state index contributed by atoms with van der Waals surface area (Å²) in [5.41, 5.74) is 0.344. The van der Waals surface area contributed by atoms with Gasteiger partial charge in [-0.2, -0.15) is 0 Å². The van der Waals surface area contributed by atoms with Crippen molar-refractivity contribution in [1.29, 1.82) is 0 Å². The first kappa shape index (κ1) is 13.4. The van der Waals surface area contributed by atoms with Crippen LogP contribution in [0.3, 0.4) is 0 Å². The summed E-state index contributed by atoms with van der Waals surface area (Å²) in [6.07, 6.45) is 2.07. The molecule has 1 nitrogen and oxygen atoms in total. The van der Waals surface area contributed by atoms with Gasteiger partial charge >= 0.3 is 0 Å². The topological polar surface area (TPSA) is 12.0 Å². The molecule has 0 saturated carbocycles. The van der Waals surface area contributed by atoms with E-state index in [1.807, 2.05) is 0 Å². The first-order chi connectivity index (χ1) is 7.50. The molecule has 16 heavy (non-hydrogen) atoms. The first-order valence-corrected chi connectivity index (χ1v) is 6.18. The maximum atomic E-state index is 13.3.